The molecule has 0 spiro atoms. The topological polar surface area (TPSA) is 67.9 Å². The molecule has 3 aromatic rings. The molecule has 6 nitrogen and oxygen atoms in total. The second kappa shape index (κ2) is 6.70. The fourth-order valence-corrected chi connectivity index (χ4v) is 2.57. The summed E-state index contributed by atoms with van der Waals surface area (Å²) in [5.74, 6) is -2.53. The van der Waals surface area contributed by atoms with Gasteiger partial charge in [0, 0.05) is 25.7 Å². The summed E-state index contributed by atoms with van der Waals surface area (Å²) in [6.45, 7) is 5.87. The molecule has 0 N–H and O–H groups in total. The van der Waals surface area contributed by atoms with Crippen LogP contribution in [0, 0.1) is 5.92 Å². The minimum absolute atomic E-state index is 0.292. The molecule has 0 atom stereocenters. The van der Waals surface area contributed by atoms with Crippen LogP contribution >= 0.6 is 0 Å². The Hall–Kier alpha value is -2.64. The Labute approximate surface area is 143 Å². The molecule has 25 heavy (non-hydrogen) atoms. The SMILES string of the molecule is CC(C)CN(Cc1cc(C(C)(F)F)on1)c1ncnc2cccnc12. The Bertz CT molecular complexity index is 854. The summed E-state index contributed by atoms with van der Waals surface area (Å²) in [6, 6.07) is 4.94. The lowest BCUT2D eigenvalue weighted by molar-refractivity contribution is -0.0105. The van der Waals surface area contributed by atoms with Gasteiger partial charge in [-0.1, -0.05) is 19.0 Å². The molecule has 0 fully saturated rings. The second-order valence-electron chi connectivity index (χ2n) is 6.41. The molecule has 8 heteroatoms. The first kappa shape index (κ1) is 17.2. The number of fused-ring (bicyclic) bond motifs is 1. The van der Waals surface area contributed by atoms with E-state index in [9.17, 15) is 8.78 Å². The number of rotatable bonds is 6. The molecule has 0 aliphatic carbocycles. The summed E-state index contributed by atoms with van der Waals surface area (Å²) in [5, 5.41) is 3.77. The van der Waals surface area contributed by atoms with Crippen LogP contribution in [0.5, 0.6) is 0 Å². The van der Waals surface area contributed by atoms with Crippen molar-refractivity contribution < 1.29 is 13.3 Å². The summed E-state index contributed by atoms with van der Waals surface area (Å²) in [5.41, 5.74) is 1.80. The van der Waals surface area contributed by atoms with Crippen LogP contribution in [0.1, 0.15) is 32.2 Å². The van der Waals surface area contributed by atoms with Crippen molar-refractivity contribution >= 4 is 16.9 Å². The number of pyridine rings is 1. The Morgan fingerprint density at radius 1 is 1.24 bits per heavy atom. The molecular formula is C17H19F2N5O. The van der Waals surface area contributed by atoms with Crippen molar-refractivity contribution in [2.24, 2.45) is 5.92 Å². The van der Waals surface area contributed by atoms with Crippen LogP contribution in [0.2, 0.25) is 0 Å². The third kappa shape index (κ3) is 3.89. The number of halogens is 2. The summed E-state index contributed by atoms with van der Waals surface area (Å²) in [6.07, 6.45) is 3.15. The standard InChI is InChI=1S/C17H19F2N5O/c1-11(2)8-24(9-12-7-14(25-23-12)17(3,18)19)16-15-13(21-10-22-16)5-4-6-20-15/h4-7,10-11H,8-9H2,1-3H3. The van der Waals surface area contributed by atoms with Crippen LogP contribution in [-0.4, -0.2) is 26.7 Å². The first-order chi connectivity index (χ1) is 11.8. The van der Waals surface area contributed by atoms with E-state index in [-0.39, 0.29) is 0 Å². The average Bonchev–Trinajstić information content (AvgIpc) is 3.02. The van der Waals surface area contributed by atoms with Gasteiger partial charge in [0.1, 0.15) is 17.5 Å². The lowest BCUT2D eigenvalue weighted by Gasteiger charge is -2.25. The maximum Gasteiger partial charge on any atom is 0.304 e. The van der Waals surface area contributed by atoms with E-state index >= 15 is 0 Å². The molecule has 3 rings (SSSR count). The first-order valence-corrected chi connectivity index (χ1v) is 7.99. The van der Waals surface area contributed by atoms with Gasteiger partial charge in [-0.25, -0.2) is 9.97 Å². The van der Waals surface area contributed by atoms with Crippen molar-refractivity contribution in [3.05, 3.63) is 42.2 Å². The lowest BCUT2D eigenvalue weighted by atomic mass is 10.2. The monoisotopic (exact) mass is 347 g/mol. The third-order valence-corrected chi connectivity index (χ3v) is 3.60. The molecule has 0 radical (unpaired) electrons. The minimum Gasteiger partial charge on any atom is -0.355 e. The van der Waals surface area contributed by atoms with Gasteiger partial charge in [-0.15, -0.1) is 0 Å². The number of alkyl halides is 2. The summed E-state index contributed by atoms with van der Waals surface area (Å²) >= 11 is 0. The maximum absolute atomic E-state index is 13.4. The zero-order valence-electron chi connectivity index (χ0n) is 14.3. The number of anilines is 1. The van der Waals surface area contributed by atoms with Crippen molar-refractivity contribution in [1.82, 2.24) is 20.1 Å². The average molecular weight is 347 g/mol. The quantitative estimate of drug-likeness (QED) is 0.676. The summed E-state index contributed by atoms with van der Waals surface area (Å²) < 4.78 is 31.5. The fourth-order valence-electron chi connectivity index (χ4n) is 2.57. The van der Waals surface area contributed by atoms with E-state index in [2.05, 4.69) is 34.0 Å². The number of hydrogen-bond donors (Lipinski definition) is 0. The maximum atomic E-state index is 13.4. The summed E-state index contributed by atoms with van der Waals surface area (Å²) in [4.78, 5) is 14.9. The van der Waals surface area contributed by atoms with Crippen LogP contribution in [0.4, 0.5) is 14.6 Å². The van der Waals surface area contributed by atoms with E-state index in [0.29, 0.717) is 36.0 Å². The van der Waals surface area contributed by atoms with Gasteiger partial charge in [0.25, 0.3) is 0 Å². The van der Waals surface area contributed by atoms with Crippen molar-refractivity contribution in [3.63, 3.8) is 0 Å². The third-order valence-electron chi connectivity index (χ3n) is 3.60. The zero-order chi connectivity index (χ0) is 18.0. The zero-order valence-corrected chi connectivity index (χ0v) is 14.3. The van der Waals surface area contributed by atoms with Gasteiger partial charge >= 0.3 is 5.92 Å². The molecule has 3 aromatic heterocycles. The van der Waals surface area contributed by atoms with E-state index < -0.39 is 11.7 Å². The Morgan fingerprint density at radius 3 is 2.72 bits per heavy atom. The second-order valence-corrected chi connectivity index (χ2v) is 6.41. The van der Waals surface area contributed by atoms with E-state index in [4.69, 9.17) is 4.52 Å². The van der Waals surface area contributed by atoms with E-state index in [1.807, 2.05) is 11.0 Å². The molecular weight excluding hydrogens is 328 g/mol. The Morgan fingerprint density at radius 2 is 2.04 bits per heavy atom. The molecule has 0 saturated heterocycles. The minimum atomic E-state index is -3.06. The van der Waals surface area contributed by atoms with Crippen molar-refractivity contribution in [1.29, 1.82) is 0 Å². The molecule has 0 aliphatic rings. The van der Waals surface area contributed by atoms with Crippen molar-refractivity contribution in [2.75, 3.05) is 11.4 Å². The van der Waals surface area contributed by atoms with Gasteiger partial charge in [0.05, 0.1) is 12.1 Å². The van der Waals surface area contributed by atoms with Gasteiger partial charge in [-0.2, -0.15) is 8.78 Å². The molecule has 0 unspecified atom stereocenters. The number of nitrogens with zero attached hydrogens (tertiary/aromatic N) is 5. The van der Waals surface area contributed by atoms with Gasteiger partial charge in [-0.3, -0.25) is 4.98 Å². The largest absolute Gasteiger partial charge is 0.355 e. The van der Waals surface area contributed by atoms with Gasteiger partial charge in [0.15, 0.2) is 5.82 Å². The molecule has 0 bridgehead atoms. The first-order valence-electron chi connectivity index (χ1n) is 7.99. The highest BCUT2D eigenvalue weighted by atomic mass is 19.3. The predicted octanol–water partition coefficient (Wildman–Crippen LogP) is 3.79. The van der Waals surface area contributed by atoms with Gasteiger partial charge < -0.3 is 9.42 Å². The molecule has 0 saturated carbocycles. The smallest absolute Gasteiger partial charge is 0.304 e. The highest BCUT2D eigenvalue weighted by Gasteiger charge is 2.30. The normalized spacial score (nSPS) is 12.1. The van der Waals surface area contributed by atoms with Crippen molar-refractivity contribution in [3.8, 4) is 0 Å². The van der Waals surface area contributed by atoms with Gasteiger partial charge in [-0.05, 0) is 18.1 Å². The molecule has 0 aromatic carbocycles. The van der Waals surface area contributed by atoms with E-state index in [1.54, 1.807) is 12.3 Å². The van der Waals surface area contributed by atoms with Crippen LogP contribution < -0.4 is 4.90 Å². The van der Waals surface area contributed by atoms with Crippen molar-refractivity contribution in [2.45, 2.75) is 33.2 Å². The molecule has 0 amide bonds. The van der Waals surface area contributed by atoms with Crippen LogP contribution in [0.3, 0.4) is 0 Å². The predicted molar refractivity (Wildman–Crippen MR) is 89.3 cm³/mol. The van der Waals surface area contributed by atoms with Crippen LogP contribution in [0.15, 0.2) is 35.2 Å². The summed E-state index contributed by atoms with van der Waals surface area (Å²) in [7, 11) is 0. The number of aromatic nitrogens is 4. The molecule has 0 aliphatic heterocycles. The van der Waals surface area contributed by atoms with Crippen LogP contribution in [0.25, 0.3) is 11.0 Å². The molecule has 3 heterocycles. The Kier molecular flexibility index (Phi) is 4.61. The highest BCUT2D eigenvalue weighted by molar-refractivity contribution is 5.84. The highest BCUT2D eigenvalue weighted by Crippen LogP contribution is 2.28. The van der Waals surface area contributed by atoms with Gasteiger partial charge in [0.2, 0.25) is 5.76 Å². The van der Waals surface area contributed by atoms with E-state index in [1.165, 1.54) is 12.4 Å². The fraction of sp³-hybridized carbons (Fsp3) is 0.412. The molecule has 132 valence electrons. The van der Waals surface area contributed by atoms with Crippen LogP contribution in [-0.2, 0) is 12.5 Å². The lowest BCUT2D eigenvalue weighted by Crippen LogP contribution is -2.28. The Balaban J connectivity index is 1.96. The number of hydrogen-bond acceptors (Lipinski definition) is 6. The van der Waals surface area contributed by atoms with E-state index in [0.717, 1.165) is 12.4 Å².